The van der Waals surface area contributed by atoms with Crippen LogP contribution in [0.2, 0.25) is 0 Å². The van der Waals surface area contributed by atoms with Gasteiger partial charge in [0.25, 0.3) is 0 Å². The summed E-state index contributed by atoms with van der Waals surface area (Å²) in [6.45, 7) is 0.568. The van der Waals surface area contributed by atoms with Crippen molar-refractivity contribution >= 4 is 23.5 Å². The summed E-state index contributed by atoms with van der Waals surface area (Å²) in [5, 5.41) is 0. The van der Waals surface area contributed by atoms with Crippen molar-refractivity contribution in [3.8, 4) is 0 Å². The molecule has 0 radical (unpaired) electrons. The zero-order valence-electron chi connectivity index (χ0n) is 17.0. The van der Waals surface area contributed by atoms with Crippen LogP contribution in [0, 0.1) is 11.8 Å². The Kier molecular flexibility index (Phi) is 5.88. The molecule has 4 rings (SSSR count). The lowest BCUT2D eigenvalue weighted by Gasteiger charge is -2.32. The van der Waals surface area contributed by atoms with Crippen LogP contribution < -0.4 is 4.90 Å². The summed E-state index contributed by atoms with van der Waals surface area (Å²) in [7, 11) is 1.27. The van der Waals surface area contributed by atoms with Crippen molar-refractivity contribution in [2.24, 2.45) is 11.8 Å². The van der Waals surface area contributed by atoms with Gasteiger partial charge in [-0.15, -0.1) is 0 Å². The number of methoxy groups -OCH3 is 1. The maximum Gasteiger partial charge on any atom is 0.373 e. The Hall–Kier alpha value is -3.09. The van der Waals surface area contributed by atoms with Gasteiger partial charge in [0.15, 0.2) is 0 Å². The molecule has 1 aliphatic carbocycles. The maximum atomic E-state index is 13.3. The minimum absolute atomic E-state index is 0.00701. The van der Waals surface area contributed by atoms with Crippen LogP contribution >= 0.6 is 0 Å². The van der Waals surface area contributed by atoms with Gasteiger partial charge in [-0.05, 0) is 43.0 Å². The van der Waals surface area contributed by atoms with Crippen molar-refractivity contribution in [2.75, 3.05) is 18.6 Å². The summed E-state index contributed by atoms with van der Waals surface area (Å²) < 4.78 is 15.4. The van der Waals surface area contributed by atoms with E-state index in [1.54, 1.807) is 6.07 Å². The van der Waals surface area contributed by atoms with Gasteiger partial charge < -0.3 is 18.8 Å². The summed E-state index contributed by atoms with van der Waals surface area (Å²) in [4.78, 5) is 39.4. The molecule has 0 saturated heterocycles. The Morgan fingerprint density at radius 3 is 2.63 bits per heavy atom. The lowest BCUT2D eigenvalue weighted by Crippen LogP contribution is -2.42. The van der Waals surface area contributed by atoms with Gasteiger partial charge in [0.05, 0.1) is 18.9 Å². The number of fused-ring (bicyclic) bond motifs is 1. The van der Waals surface area contributed by atoms with Crippen LogP contribution in [0.1, 0.15) is 47.6 Å². The van der Waals surface area contributed by atoms with Crippen molar-refractivity contribution in [1.82, 2.24) is 0 Å². The number of hydrogen-bond acceptors (Lipinski definition) is 6. The van der Waals surface area contributed by atoms with Gasteiger partial charge in [0.1, 0.15) is 12.4 Å². The first kappa shape index (κ1) is 20.2. The summed E-state index contributed by atoms with van der Waals surface area (Å²) >= 11 is 0. The Bertz CT molecular complexity index is 949. The molecule has 0 N–H and O–H groups in total. The molecule has 1 fully saturated rings. The minimum Gasteiger partial charge on any atom is -0.463 e. The fraction of sp³-hybridized carbons (Fsp3) is 0.435. The number of amides is 1. The number of para-hydroxylation sites is 1. The van der Waals surface area contributed by atoms with E-state index in [0.717, 1.165) is 24.9 Å². The molecule has 2 aliphatic rings. The van der Waals surface area contributed by atoms with Gasteiger partial charge in [-0.3, -0.25) is 9.59 Å². The molecule has 1 saturated carbocycles. The highest BCUT2D eigenvalue weighted by molar-refractivity contribution is 5.99. The molecular formula is C23H25NO6. The molecule has 2 atom stereocenters. The van der Waals surface area contributed by atoms with Gasteiger partial charge in [0, 0.05) is 12.2 Å². The highest BCUT2D eigenvalue weighted by Gasteiger charge is 2.40. The molecule has 1 aliphatic heterocycles. The number of benzene rings is 1. The number of nitrogens with zero attached hydrogens (tertiary/aromatic N) is 1. The fourth-order valence-corrected chi connectivity index (χ4v) is 4.39. The first-order valence-corrected chi connectivity index (χ1v) is 10.3. The van der Waals surface area contributed by atoms with Crippen molar-refractivity contribution in [2.45, 2.75) is 38.7 Å². The van der Waals surface area contributed by atoms with E-state index in [0.29, 0.717) is 25.1 Å². The van der Waals surface area contributed by atoms with Crippen molar-refractivity contribution in [3.05, 3.63) is 53.5 Å². The van der Waals surface area contributed by atoms with Crippen LogP contribution in [-0.4, -0.2) is 31.5 Å². The molecule has 0 spiro atoms. The lowest BCUT2D eigenvalue weighted by molar-refractivity contribution is -0.156. The second-order valence-electron chi connectivity index (χ2n) is 7.73. The predicted molar refractivity (Wildman–Crippen MR) is 108 cm³/mol. The Morgan fingerprint density at radius 2 is 1.83 bits per heavy atom. The van der Waals surface area contributed by atoms with Crippen molar-refractivity contribution in [1.29, 1.82) is 0 Å². The average Bonchev–Trinajstić information content (AvgIpc) is 3.43. The van der Waals surface area contributed by atoms with E-state index in [1.165, 1.54) is 18.7 Å². The smallest absolute Gasteiger partial charge is 0.373 e. The standard InChI is InChI=1S/C23H25NO6/c1-28-23(27)20-11-10-16(30-20)14-29-22(26)18-8-4-3-7-17(18)21(25)24-13-12-15-6-2-5-9-19(15)24/h2,5-6,9-11,17-18H,3-4,7-8,12-14H2,1H3. The van der Waals surface area contributed by atoms with Gasteiger partial charge >= 0.3 is 11.9 Å². The Balaban J connectivity index is 1.42. The predicted octanol–water partition coefficient (Wildman–Crippen LogP) is 3.51. The number of rotatable bonds is 5. The normalized spacial score (nSPS) is 20.5. The van der Waals surface area contributed by atoms with E-state index in [9.17, 15) is 14.4 Å². The Labute approximate surface area is 174 Å². The molecule has 2 aromatic rings. The molecule has 2 unspecified atom stereocenters. The number of carbonyl (C=O) groups excluding carboxylic acids is 3. The van der Waals surface area contributed by atoms with E-state index in [2.05, 4.69) is 4.74 Å². The number of ether oxygens (including phenoxy) is 2. The minimum atomic E-state index is -0.587. The van der Waals surface area contributed by atoms with Gasteiger partial charge in [-0.2, -0.15) is 0 Å². The molecule has 7 heteroatoms. The molecule has 1 aromatic heterocycles. The van der Waals surface area contributed by atoms with Crippen LogP contribution in [-0.2, 0) is 32.1 Å². The summed E-state index contributed by atoms with van der Waals surface area (Å²) in [5.74, 6) is -1.40. The topological polar surface area (TPSA) is 86.0 Å². The largest absolute Gasteiger partial charge is 0.463 e. The van der Waals surface area contributed by atoms with E-state index in [1.807, 2.05) is 29.2 Å². The molecule has 158 valence electrons. The van der Waals surface area contributed by atoms with Gasteiger partial charge in [0.2, 0.25) is 11.7 Å². The summed E-state index contributed by atoms with van der Waals surface area (Å²) in [6, 6.07) is 11.0. The third-order valence-corrected chi connectivity index (χ3v) is 5.94. The number of hydrogen-bond donors (Lipinski definition) is 0. The quantitative estimate of drug-likeness (QED) is 0.700. The number of furan rings is 1. The maximum absolute atomic E-state index is 13.3. The molecule has 7 nitrogen and oxygen atoms in total. The lowest BCUT2D eigenvalue weighted by atomic mass is 9.78. The summed E-state index contributed by atoms with van der Waals surface area (Å²) in [5.41, 5.74) is 2.12. The van der Waals surface area contributed by atoms with E-state index >= 15 is 0 Å². The van der Waals surface area contributed by atoms with Crippen LogP contribution in [0.5, 0.6) is 0 Å². The first-order chi connectivity index (χ1) is 14.6. The SMILES string of the molecule is COC(=O)c1ccc(COC(=O)C2CCCCC2C(=O)N2CCc3ccccc32)o1. The zero-order chi connectivity index (χ0) is 21.1. The van der Waals surface area contributed by atoms with E-state index < -0.39 is 17.9 Å². The van der Waals surface area contributed by atoms with Gasteiger partial charge in [-0.25, -0.2) is 4.79 Å². The molecule has 2 heterocycles. The fourth-order valence-electron chi connectivity index (χ4n) is 4.39. The number of carbonyl (C=O) groups is 3. The van der Waals surface area contributed by atoms with Crippen LogP contribution in [0.3, 0.4) is 0 Å². The number of esters is 2. The Morgan fingerprint density at radius 1 is 1.07 bits per heavy atom. The molecule has 1 amide bonds. The highest BCUT2D eigenvalue weighted by Crippen LogP contribution is 2.36. The van der Waals surface area contributed by atoms with E-state index in [-0.39, 0.29) is 24.2 Å². The molecule has 30 heavy (non-hydrogen) atoms. The third kappa shape index (κ3) is 3.97. The summed E-state index contributed by atoms with van der Waals surface area (Å²) in [6.07, 6.45) is 3.98. The van der Waals surface area contributed by atoms with Crippen molar-refractivity contribution < 1.29 is 28.3 Å². The first-order valence-electron chi connectivity index (χ1n) is 10.3. The van der Waals surface area contributed by atoms with Crippen LogP contribution in [0.4, 0.5) is 5.69 Å². The van der Waals surface area contributed by atoms with E-state index in [4.69, 9.17) is 9.15 Å². The third-order valence-electron chi connectivity index (χ3n) is 5.94. The second kappa shape index (κ2) is 8.73. The average molecular weight is 411 g/mol. The zero-order valence-corrected chi connectivity index (χ0v) is 17.0. The van der Waals surface area contributed by atoms with Crippen LogP contribution in [0.15, 0.2) is 40.8 Å². The van der Waals surface area contributed by atoms with Gasteiger partial charge in [-0.1, -0.05) is 31.0 Å². The second-order valence-corrected chi connectivity index (χ2v) is 7.73. The molecular weight excluding hydrogens is 386 g/mol. The highest BCUT2D eigenvalue weighted by atomic mass is 16.6. The van der Waals surface area contributed by atoms with Crippen LogP contribution in [0.25, 0.3) is 0 Å². The molecule has 1 aromatic carbocycles. The molecule has 0 bridgehead atoms. The van der Waals surface area contributed by atoms with Crippen molar-refractivity contribution in [3.63, 3.8) is 0 Å². The number of anilines is 1. The monoisotopic (exact) mass is 411 g/mol.